The molecule has 29 heavy (non-hydrogen) atoms. The summed E-state index contributed by atoms with van der Waals surface area (Å²) in [5, 5.41) is 0. The minimum atomic E-state index is -0.378. The molecule has 0 radical (unpaired) electrons. The van der Waals surface area contributed by atoms with Crippen molar-refractivity contribution in [2.45, 2.75) is 37.6 Å². The van der Waals surface area contributed by atoms with E-state index >= 15 is 0 Å². The van der Waals surface area contributed by atoms with Gasteiger partial charge in [0.25, 0.3) is 5.91 Å². The molecule has 1 N–H and O–H groups in total. The van der Waals surface area contributed by atoms with Crippen LogP contribution in [0.2, 0.25) is 0 Å². The van der Waals surface area contributed by atoms with Gasteiger partial charge in [0, 0.05) is 43.2 Å². The number of hydrogen-bond donors (Lipinski definition) is 1. The maximum Gasteiger partial charge on any atom is 0.253 e. The van der Waals surface area contributed by atoms with Crippen molar-refractivity contribution < 1.29 is 9.59 Å². The van der Waals surface area contributed by atoms with E-state index in [2.05, 4.69) is 21.4 Å². The Labute approximate surface area is 170 Å². The molecule has 1 spiro atoms. The number of rotatable bonds is 3. The molecule has 0 bridgehead atoms. The average molecular weight is 390 g/mol. The topological polar surface area (TPSA) is 69.3 Å². The van der Waals surface area contributed by atoms with E-state index in [4.69, 9.17) is 0 Å². The summed E-state index contributed by atoms with van der Waals surface area (Å²) in [4.78, 5) is 38.0. The Hall–Kier alpha value is -2.89. The van der Waals surface area contributed by atoms with Crippen molar-refractivity contribution in [1.29, 1.82) is 0 Å². The van der Waals surface area contributed by atoms with Crippen LogP contribution >= 0.6 is 0 Å². The quantitative estimate of drug-likeness (QED) is 0.876. The van der Waals surface area contributed by atoms with Crippen LogP contribution in [0.4, 0.5) is 0 Å². The van der Waals surface area contributed by atoms with E-state index in [9.17, 15) is 9.59 Å². The zero-order chi connectivity index (χ0) is 20.0. The number of H-pyrrole nitrogens is 1. The molecule has 2 amide bonds. The number of fused-ring (bicyclic) bond motifs is 2. The second-order valence-electron chi connectivity index (χ2n) is 8.39. The molecule has 1 aromatic carbocycles. The summed E-state index contributed by atoms with van der Waals surface area (Å²) in [5.41, 5.74) is 3.48. The number of piperidine rings is 1. The molecule has 1 aromatic heterocycles. The molecule has 150 valence electrons. The van der Waals surface area contributed by atoms with Crippen molar-refractivity contribution in [3.05, 3.63) is 59.7 Å². The van der Waals surface area contributed by atoms with Crippen LogP contribution in [0, 0.1) is 5.92 Å². The Morgan fingerprint density at radius 1 is 1.14 bits per heavy atom. The first-order chi connectivity index (χ1) is 14.1. The molecule has 2 fully saturated rings. The zero-order valence-electron chi connectivity index (χ0n) is 16.6. The fraction of sp³-hybridized carbons (Fsp3) is 0.435. The third-order valence-electron chi connectivity index (χ3n) is 6.72. The number of hydrogen-bond acceptors (Lipinski definition) is 3. The molecule has 2 aromatic rings. The van der Waals surface area contributed by atoms with Crippen molar-refractivity contribution >= 4 is 17.9 Å². The van der Waals surface area contributed by atoms with Gasteiger partial charge in [-0.05, 0) is 43.4 Å². The maximum absolute atomic E-state index is 13.1. The molecule has 1 saturated heterocycles. The highest BCUT2D eigenvalue weighted by molar-refractivity contribution is 5.94. The Morgan fingerprint density at radius 3 is 2.52 bits per heavy atom. The lowest BCUT2D eigenvalue weighted by Crippen LogP contribution is -2.59. The molecule has 0 atom stereocenters. The highest BCUT2D eigenvalue weighted by Gasteiger charge is 2.51. The smallest absolute Gasteiger partial charge is 0.253 e. The second kappa shape index (κ2) is 6.87. The number of carbonyl (C=O) groups is 2. The van der Waals surface area contributed by atoms with Crippen LogP contribution in [0.5, 0.6) is 0 Å². The SMILES string of the molecule is C=Cc1ccc(C(=O)N2CCC3(CC2)c2nc[nH]c2CCN3C(=O)C2CC2)cc1. The molecule has 5 rings (SSSR count). The number of aromatic amines is 1. The first kappa shape index (κ1) is 18.2. The van der Waals surface area contributed by atoms with E-state index in [0.29, 0.717) is 18.7 Å². The fourth-order valence-corrected chi connectivity index (χ4v) is 4.88. The van der Waals surface area contributed by atoms with Crippen molar-refractivity contribution in [3.8, 4) is 0 Å². The number of benzene rings is 1. The summed E-state index contributed by atoms with van der Waals surface area (Å²) in [5.74, 6) is 0.516. The lowest BCUT2D eigenvalue weighted by molar-refractivity contribution is -0.143. The highest BCUT2D eigenvalue weighted by Crippen LogP contribution is 2.45. The zero-order valence-corrected chi connectivity index (χ0v) is 16.6. The fourth-order valence-electron chi connectivity index (χ4n) is 4.88. The third kappa shape index (κ3) is 2.98. The summed E-state index contributed by atoms with van der Waals surface area (Å²) in [6, 6.07) is 7.55. The first-order valence-corrected chi connectivity index (χ1v) is 10.5. The largest absolute Gasteiger partial charge is 0.348 e. The first-order valence-electron chi connectivity index (χ1n) is 10.5. The van der Waals surface area contributed by atoms with Crippen LogP contribution in [0.25, 0.3) is 6.08 Å². The standard InChI is InChI=1S/C23H26N4O2/c1-2-16-3-5-17(6-4-16)21(28)26-13-10-23(11-14-26)20-19(24-15-25-20)9-12-27(23)22(29)18-7-8-18/h2-6,15,18H,1,7-14H2,(H,24,25). The lowest BCUT2D eigenvalue weighted by atomic mass is 9.78. The highest BCUT2D eigenvalue weighted by atomic mass is 16.2. The van der Waals surface area contributed by atoms with Gasteiger partial charge in [-0.15, -0.1) is 0 Å². The monoisotopic (exact) mass is 390 g/mol. The van der Waals surface area contributed by atoms with Crippen LogP contribution < -0.4 is 0 Å². The number of imidazole rings is 1. The van der Waals surface area contributed by atoms with Crippen LogP contribution in [0.1, 0.15) is 53.0 Å². The number of amides is 2. The molecule has 1 saturated carbocycles. The summed E-state index contributed by atoms with van der Waals surface area (Å²) >= 11 is 0. The molecular weight excluding hydrogens is 364 g/mol. The maximum atomic E-state index is 13.1. The number of likely N-dealkylation sites (tertiary alicyclic amines) is 1. The van der Waals surface area contributed by atoms with Gasteiger partial charge in [-0.1, -0.05) is 24.8 Å². The summed E-state index contributed by atoms with van der Waals surface area (Å²) < 4.78 is 0. The van der Waals surface area contributed by atoms with Gasteiger partial charge in [0.15, 0.2) is 0 Å². The minimum Gasteiger partial charge on any atom is -0.348 e. The van der Waals surface area contributed by atoms with E-state index in [0.717, 1.165) is 55.6 Å². The van der Waals surface area contributed by atoms with Crippen LogP contribution in [0.3, 0.4) is 0 Å². The van der Waals surface area contributed by atoms with Gasteiger partial charge in [0.05, 0.1) is 17.6 Å². The van der Waals surface area contributed by atoms with Gasteiger partial charge >= 0.3 is 0 Å². The number of aromatic nitrogens is 2. The van der Waals surface area contributed by atoms with E-state index < -0.39 is 0 Å². The van der Waals surface area contributed by atoms with Gasteiger partial charge in [-0.2, -0.15) is 0 Å². The van der Waals surface area contributed by atoms with Crippen molar-refractivity contribution in [3.63, 3.8) is 0 Å². The second-order valence-corrected chi connectivity index (χ2v) is 8.39. The van der Waals surface area contributed by atoms with E-state index in [1.54, 1.807) is 12.4 Å². The van der Waals surface area contributed by atoms with Crippen LogP contribution in [-0.4, -0.2) is 51.2 Å². The molecule has 0 unspecified atom stereocenters. The predicted molar refractivity (Wildman–Crippen MR) is 110 cm³/mol. The average Bonchev–Trinajstić information content (AvgIpc) is 3.50. The number of nitrogens with zero attached hydrogens (tertiary/aromatic N) is 3. The summed E-state index contributed by atoms with van der Waals surface area (Å²) in [6.45, 7) is 5.75. The Balaban J connectivity index is 1.38. The molecule has 3 heterocycles. The number of nitrogens with one attached hydrogen (secondary N) is 1. The van der Waals surface area contributed by atoms with E-state index in [-0.39, 0.29) is 23.3 Å². The molecule has 1 aliphatic carbocycles. The third-order valence-corrected chi connectivity index (χ3v) is 6.72. The normalized spacial score (nSPS) is 20.4. The van der Waals surface area contributed by atoms with Gasteiger partial charge < -0.3 is 14.8 Å². The predicted octanol–water partition coefficient (Wildman–Crippen LogP) is 2.98. The van der Waals surface area contributed by atoms with E-state index in [1.807, 2.05) is 29.2 Å². The van der Waals surface area contributed by atoms with Gasteiger partial charge in [0.1, 0.15) is 0 Å². The molecule has 3 aliphatic rings. The van der Waals surface area contributed by atoms with Crippen molar-refractivity contribution in [1.82, 2.24) is 19.8 Å². The van der Waals surface area contributed by atoms with Gasteiger partial charge in [0.2, 0.25) is 5.91 Å². The van der Waals surface area contributed by atoms with Crippen molar-refractivity contribution in [2.75, 3.05) is 19.6 Å². The number of carbonyl (C=O) groups excluding carboxylic acids is 2. The van der Waals surface area contributed by atoms with Gasteiger partial charge in [-0.3, -0.25) is 9.59 Å². The molecule has 6 heteroatoms. The minimum absolute atomic E-state index is 0.0496. The van der Waals surface area contributed by atoms with Crippen molar-refractivity contribution in [2.24, 2.45) is 5.92 Å². The van der Waals surface area contributed by atoms with E-state index in [1.165, 1.54) is 0 Å². The van der Waals surface area contributed by atoms with Crippen LogP contribution in [-0.2, 0) is 16.8 Å². The summed E-state index contributed by atoms with van der Waals surface area (Å²) in [6.07, 6.45) is 7.83. The molecule has 6 nitrogen and oxygen atoms in total. The van der Waals surface area contributed by atoms with Crippen LogP contribution in [0.15, 0.2) is 37.2 Å². The molecular formula is C23H26N4O2. The molecule has 2 aliphatic heterocycles. The Kier molecular flexibility index (Phi) is 4.30. The Bertz CT molecular complexity index is 950. The van der Waals surface area contributed by atoms with Gasteiger partial charge in [-0.25, -0.2) is 4.98 Å². The Morgan fingerprint density at radius 2 is 1.86 bits per heavy atom. The lowest BCUT2D eigenvalue weighted by Gasteiger charge is -2.50. The summed E-state index contributed by atoms with van der Waals surface area (Å²) in [7, 11) is 0.